The van der Waals surface area contributed by atoms with Crippen molar-refractivity contribution in [3.63, 3.8) is 0 Å². The molecule has 1 aromatic heterocycles. The average molecular weight is 232 g/mol. The fourth-order valence-corrected chi connectivity index (χ4v) is 2.80. The van der Waals surface area contributed by atoms with E-state index in [0.717, 1.165) is 0 Å². The number of fused-ring (bicyclic) bond motifs is 1. The fraction of sp³-hybridized carbons (Fsp3) is 0.231. The largest absolute Gasteiger partial charge is 0.271 e. The molecule has 1 aromatic carbocycles. The molecular formula is C13H16N2S. The molecule has 1 unspecified atom stereocenters. The minimum Gasteiger partial charge on any atom is -0.271 e. The Balaban J connectivity index is 2.49. The van der Waals surface area contributed by atoms with E-state index in [-0.39, 0.29) is 6.04 Å². The van der Waals surface area contributed by atoms with Crippen molar-refractivity contribution >= 4 is 21.4 Å². The van der Waals surface area contributed by atoms with Gasteiger partial charge >= 0.3 is 0 Å². The first-order chi connectivity index (χ1) is 7.72. The molecule has 0 aliphatic carbocycles. The highest BCUT2D eigenvalue weighted by atomic mass is 32.1. The first kappa shape index (κ1) is 11.3. The van der Waals surface area contributed by atoms with Crippen molar-refractivity contribution in [3.05, 3.63) is 46.9 Å². The maximum atomic E-state index is 5.61. The number of hydrazine groups is 1. The molecule has 0 saturated heterocycles. The number of hydrogen-bond donors (Lipinski definition) is 2. The Morgan fingerprint density at radius 1 is 1.38 bits per heavy atom. The molecular weight excluding hydrogens is 216 g/mol. The summed E-state index contributed by atoms with van der Waals surface area (Å²) in [6, 6.07) is 8.51. The zero-order valence-electron chi connectivity index (χ0n) is 9.53. The van der Waals surface area contributed by atoms with Gasteiger partial charge in [0.1, 0.15) is 0 Å². The predicted octanol–water partition coefficient (Wildman–Crippen LogP) is 3.37. The third-order valence-corrected chi connectivity index (χ3v) is 3.51. The number of benzene rings is 1. The Labute approximate surface area is 99.7 Å². The summed E-state index contributed by atoms with van der Waals surface area (Å²) >= 11 is 1.76. The summed E-state index contributed by atoms with van der Waals surface area (Å²) in [6.45, 7) is 4.16. The number of hydrogen-bond acceptors (Lipinski definition) is 3. The molecule has 1 atom stereocenters. The van der Waals surface area contributed by atoms with Crippen molar-refractivity contribution in [1.29, 1.82) is 0 Å². The van der Waals surface area contributed by atoms with Crippen molar-refractivity contribution in [2.24, 2.45) is 5.84 Å². The van der Waals surface area contributed by atoms with Gasteiger partial charge in [0.05, 0.1) is 6.04 Å². The smallest absolute Gasteiger partial charge is 0.0657 e. The number of nitrogens with one attached hydrogen (secondary N) is 1. The summed E-state index contributed by atoms with van der Waals surface area (Å²) in [7, 11) is 0. The van der Waals surface area contributed by atoms with Crippen LogP contribution >= 0.6 is 11.3 Å². The van der Waals surface area contributed by atoms with Gasteiger partial charge in [-0.25, -0.2) is 5.43 Å². The number of nitrogens with two attached hydrogens (primary N) is 1. The van der Waals surface area contributed by atoms with Gasteiger partial charge in [-0.3, -0.25) is 5.84 Å². The summed E-state index contributed by atoms with van der Waals surface area (Å²) in [5.74, 6) is 5.61. The molecule has 2 rings (SSSR count). The standard InChI is InChI=1S/C13H16N2S/c1-9(2)7-12(15-14)11-8-16-13-6-4-3-5-10(11)13/h3-8,12,15H,14H2,1-2H3. The summed E-state index contributed by atoms with van der Waals surface area (Å²) in [4.78, 5) is 0. The van der Waals surface area contributed by atoms with Crippen LogP contribution < -0.4 is 11.3 Å². The molecule has 0 aliphatic heterocycles. The molecule has 0 radical (unpaired) electrons. The molecule has 0 amide bonds. The monoisotopic (exact) mass is 232 g/mol. The highest BCUT2D eigenvalue weighted by Gasteiger charge is 2.11. The number of allylic oxidation sites excluding steroid dienone is 1. The van der Waals surface area contributed by atoms with Crippen molar-refractivity contribution in [1.82, 2.24) is 5.43 Å². The van der Waals surface area contributed by atoms with Crippen LogP contribution in [0.25, 0.3) is 10.1 Å². The van der Waals surface area contributed by atoms with Crippen molar-refractivity contribution in [3.8, 4) is 0 Å². The molecule has 3 heteroatoms. The molecule has 0 saturated carbocycles. The van der Waals surface area contributed by atoms with Crippen LogP contribution in [0.2, 0.25) is 0 Å². The van der Waals surface area contributed by atoms with Gasteiger partial charge < -0.3 is 0 Å². The van der Waals surface area contributed by atoms with Crippen molar-refractivity contribution in [2.75, 3.05) is 0 Å². The van der Waals surface area contributed by atoms with Gasteiger partial charge in [0.15, 0.2) is 0 Å². The van der Waals surface area contributed by atoms with Crippen LogP contribution in [-0.4, -0.2) is 0 Å². The summed E-state index contributed by atoms with van der Waals surface area (Å²) in [6.07, 6.45) is 2.15. The molecule has 2 nitrogen and oxygen atoms in total. The Morgan fingerprint density at radius 3 is 2.81 bits per heavy atom. The Morgan fingerprint density at radius 2 is 2.12 bits per heavy atom. The van der Waals surface area contributed by atoms with Crippen molar-refractivity contribution in [2.45, 2.75) is 19.9 Å². The molecule has 3 N–H and O–H groups in total. The van der Waals surface area contributed by atoms with E-state index in [1.165, 1.54) is 21.2 Å². The molecule has 16 heavy (non-hydrogen) atoms. The van der Waals surface area contributed by atoms with Crippen LogP contribution in [0.3, 0.4) is 0 Å². The zero-order chi connectivity index (χ0) is 11.5. The van der Waals surface area contributed by atoms with Gasteiger partial charge in [-0.05, 0) is 36.2 Å². The van der Waals surface area contributed by atoms with Crippen LogP contribution in [0.5, 0.6) is 0 Å². The van der Waals surface area contributed by atoms with Crippen LogP contribution in [0.1, 0.15) is 25.5 Å². The first-order valence-electron chi connectivity index (χ1n) is 5.29. The minimum atomic E-state index is 0.0983. The second-order valence-electron chi connectivity index (χ2n) is 4.08. The predicted molar refractivity (Wildman–Crippen MR) is 71.3 cm³/mol. The van der Waals surface area contributed by atoms with E-state index in [9.17, 15) is 0 Å². The van der Waals surface area contributed by atoms with Crippen LogP contribution in [0, 0.1) is 0 Å². The zero-order valence-corrected chi connectivity index (χ0v) is 10.3. The van der Waals surface area contributed by atoms with E-state index in [2.05, 4.69) is 55.0 Å². The summed E-state index contributed by atoms with van der Waals surface area (Å²) < 4.78 is 1.31. The Bertz CT molecular complexity index is 509. The van der Waals surface area contributed by atoms with E-state index in [0.29, 0.717) is 0 Å². The van der Waals surface area contributed by atoms with Crippen LogP contribution in [-0.2, 0) is 0 Å². The first-order valence-corrected chi connectivity index (χ1v) is 6.17. The highest BCUT2D eigenvalue weighted by molar-refractivity contribution is 7.17. The number of rotatable bonds is 3. The molecule has 0 spiro atoms. The normalized spacial score (nSPS) is 12.7. The van der Waals surface area contributed by atoms with Gasteiger partial charge in [-0.2, -0.15) is 0 Å². The molecule has 2 aromatic rings. The summed E-state index contributed by atoms with van der Waals surface area (Å²) in [5.41, 5.74) is 5.37. The lowest BCUT2D eigenvalue weighted by atomic mass is 10.0. The Hall–Kier alpha value is -1.16. The van der Waals surface area contributed by atoms with Gasteiger partial charge in [0.25, 0.3) is 0 Å². The van der Waals surface area contributed by atoms with Gasteiger partial charge in [0, 0.05) is 4.70 Å². The van der Waals surface area contributed by atoms with E-state index < -0.39 is 0 Å². The molecule has 0 fully saturated rings. The minimum absolute atomic E-state index is 0.0983. The topological polar surface area (TPSA) is 38.0 Å². The second kappa shape index (κ2) is 4.78. The third-order valence-electron chi connectivity index (χ3n) is 2.53. The SMILES string of the molecule is CC(C)=CC(NN)c1csc2ccccc12. The van der Waals surface area contributed by atoms with E-state index in [4.69, 9.17) is 5.84 Å². The lowest BCUT2D eigenvalue weighted by Gasteiger charge is -2.11. The van der Waals surface area contributed by atoms with Gasteiger partial charge in [-0.1, -0.05) is 29.8 Å². The van der Waals surface area contributed by atoms with Crippen LogP contribution in [0.4, 0.5) is 0 Å². The van der Waals surface area contributed by atoms with Crippen molar-refractivity contribution < 1.29 is 0 Å². The fourth-order valence-electron chi connectivity index (χ4n) is 1.80. The van der Waals surface area contributed by atoms with Crippen LogP contribution in [0.15, 0.2) is 41.3 Å². The Kier molecular flexibility index (Phi) is 3.39. The van der Waals surface area contributed by atoms with E-state index >= 15 is 0 Å². The molecule has 0 aliphatic rings. The molecule has 84 valence electrons. The summed E-state index contributed by atoms with van der Waals surface area (Å²) in [5, 5.41) is 3.46. The second-order valence-corrected chi connectivity index (χ2v) is 4.99. The van der Waals surface area contributed by atoms with Gasteiger partial charge in [0.2, 0.25) is 0 Å². The lowest BCUT2D eigenvalue weighted by Crippen LogP contribution is -2.26. The van der Waals surface area contributed by atoms with E-state index in [1.807, 2.05) is 0 Å². The lowest BCUT2D eigenvalue weighted by molar-refractivity contribution is 0.657. The highest BCUT2D eigenvalue weighted by Crippen LogP contribution is 2.30. The van der Waals surface area contributed by atoms with Gasteiger partial charge in [-0.15, -0.1) is 11.3 Å². The maximum Gasteiger partial charge on any atom is 0.0657 e. The van der Waals surface area contributed by atoms with E-state index in [1.54, 1.807) is 11.3 Å². The third kappa shape index (κ3) is 2.16. The quantitative estimate of drug-likeness (QED) is 0.484. The maximum absolute atomic E-state index is 5.61. The molecule has 1 heterocycles. The molecule has 0 bridgehead atoms. The number of thiophene rings is 1. The average Bonchev–Trinajstić information content (AvgIpc) is 2.69.